The molecule has 0 bridgehead atoms. The first-order chi connectivity index (χ1) is 13.7. The van der Waals surface area contributed by atoms with Crippen molar-refractivity contribution in [3.63, 3.8) is 0 Å². The molecule has 3 aromatic rings. The van der Waals surface area contributed by atoms with Gasteiger partial charge in [0.05, 0.1) is 36.3 Å². The highest BCUT2D eigenvalue weighted by Crippen LogP contribution is 2.25. The number of benzene rings is 2. The molecule has 1 aliphatic rings. The van der Waals surface area contributed by atoms with Gasteiger partial charge in [0.25, 0.3) is 5.91 Å². The van der Waals surface area contributed by atoms with Gasteiger partial charge in [0, 0.05) is 6.54 Å². The second kappa shape index (κ2) is 7.94. The standard InChI is InChI=1S/C22H22FN3O2/c1-2-20-19(14-24-26(20)18-6-4-3-5-7-18)22(27)25-12-13-28-21(15-25)16-8-10-17(23)11-9-16/h3-11,14,21H,2,12-13,15H2,1H3. The molecule has 6 heteroatoms. The zero-order valence-electron chi connectivity index (χ0n) is 15.7. The molecule has 0 N–H and O–H groups in total. The first-order valence-corrected chi connectivity index (χ1v) is 9.46. The van der Waals surface area contributed by atoms with Gasteiger partial charge in [-0.3, -0.25) is 4.79 Å². The van der Waals surface area contributed by atoms with Crippen molar-refractivity contribution in [1.82, 2.24) is 14.7 Å². The third-order valence-electron chi connectivity index (χ3n) is 5.03. The van der Waals surface area contributed by atoms with E-state index in [2.05, 4.69) is 5.10 Å². The van der Waals surface area contributed by atoms with Crippen LogP contribution < -0.4 is 0 Å². The Kier molecular flexibility index (Phi) is 5.21. The number of morpholine rings is 1. The number of ether oxygens (including phenoxy) is 1. The van der Waals surface area contributed by atoms with Crippen molar-refractivity contribution in [2.75, 3.05) is 19.7 Å². The van der Waals surface area contributed by atoms with Crippen LogP contribution in [0.4, 0.5) is 4.39 Å². The first kappa shape index (κ1) is 18.4. The van der Waals surface area contributed by atoms with Crippen LogP contribution in [0.3, 0.4) is 0 Å². The quantitative estimate of drug-likeness (QED) is 0.693. The average Bonchev–Trinajstić information content (AvgIpc) is 3.18. The molecule has 2 aromatic carbocycles. The molecule has 0 saturated carbocycles. The van der Waals surface area contributed by atoms with Crippen LogP contribution in [0.5, 0.6) is 0 Å². The summed E-state index contributed by atoms with van der Waals surface area (Å²) in [5, 5.41) is 4.46. The van der Waals surface area contributed by atoms with Crippen molar-refractivity contribution < 1.29 is 13.9 Å². The van der Waals surface area contributed by atoms with Gasteiger partial charge in [0.2, 0.25) is 0 Å². The second-order valence-corrected chi connectivity index (χ2v) is 6.77. The third-order valence-corrected chi connectivity index (χ3v) is 5.03. The van der Waals surface area contributed by atoms with E-state index >= 15 is 0 Å². The number of amides is 1. The van der Waals surface area contributed by atoms with Gasteiger partial charge in [0.1, 0.15) is 11.9 Å². The normalized spacial score (nSPS) is 16.9. The van der Waals surface area contributed by atoms with E-state index in [-0.39, 0.29) is 17.8 Å². The molecule has 1 amide bonds. The van der Waals surface area contributed by atoms with Gasteiger partial charge in [-0.15, -0.1) is 0 Å². The molecule has 0 spiro atoms. The fourth-order valence-corrected chi connectivity index (χ4v) is 3.57. The second-order valence-electron chi connectivity index (χ2n) is 6.77. The average molecular weight is 379 g/mol. The fourth-order valence-electron chi connectivity index (χ4n) is 3.57. The molecule has 4 rings (SSSR count). The van der Waals surface area contributed by atoms with Gasteiger partial charge in [-0.25, -0.2) is 9.07 Å². The highest BCUT2D eigenvalue weighted by molar-refractivity contribution is 5.95. The van der Waals surface area contributed by atoms with E-state index in [1.165, 1.54) is 12.1 Å². The predicted octanol–water partition coefficient (Wildman–Crippen LogP) is 3.79. The van der Waals surface area contributed by atoms with Crippen molar-refractivity contribution >= 4 is 5.91 Å². The lowest BCUT2D eigenvalue weighted by atomic mass is 10.1. The Hall–Kier alpha value is -2.99. The molecule has 2 heterocycles. The van der Waals surface area contributed by atoms with E-state index < -0.39 is 0 Å². The first-order valence-electron chi connectivity index (χ1n) is 9.46. The maximum atomic E-state index is 13.2. The Morgan fingerprint density at radius 2 is 1.93 bits per heavy atom. The molecule has 1 aromatic heterocycles. The number of hydrogen-bond donors (Lipinski definition) is 0. The minimum atomic E-state index is -0.284. The number of rotatable bonds is 4. The largest absolute Gasteiger partial charge is 0.370 e. The van der Waals surface area contributed by atoms with Gasteiger partial charge >= 0.3 is 0 Å². The van der Waals surface area contributed by atoms with Crippen molar-refractivity contribution in [3.05, 3.63) is 83.4 Å². The number of para-hydroxylation sites is 1. The Balaban J connectivity index is 1.57. The van der Waals surface area contributed by atoms with Crippen molar-refractivity contribution in [2.24, 2.45) is 0 Å². The van der Waals surface area contributed by atoms with Crippen molar-refractivity contribution in [3.8, 4) is 5.69 Å². The molecule has 0 radical (unpaired) electrons. The van der Waals surface area contributed by atoms with Crippen molar-refractivity contribution in [2.45, 2.75) is 19.4 Å². The zero-order chi connectivity index (χ0) is 19.5. The molecule has 1 aliphatic heterocycles. The minimum absolute atomic E-state index is 0.0468. The van der Waals surface area contributed by atoms with Crippen LogP contribution in [0.1, 0.15) is 34.6 Å². The summed E-state index contributed by atoms with van der Waals surface area (Å²) in [5.74, 6) is -0.331. The maximum Gasteiger partial charge on any atom is 0.257 e. The minimum Gasteiger partial charge on any atom is -0.370 e. The van der Waals surface area contributed by atoms with E-state index in [1.54, 1.807) is 23.2 Å². The molecule has 28 heavy (non-hydrogen) atoms. The molecule has 1 unspecified atom stereocenters. The predicted molar refractivity (Wildman–Crippen MR) is 104 cm³/mol. The summed E-state index contributed by atoms with van der Waals surface area (Å²) in [7, 11) is 0. The van der Waals surface area contributed by atoms with Gasteiger partial charge in [-0.2, -0.15) is 5.10 Å². The molecular weight excluding hydrogens is 357 g/mol. The smallest absolute Gasteiger partial charge is 0.257 e. The van der Waals surface area contributed by atoms with Crippen LogP contribution in [0.2, 0.25) is 0 Å². The lowest BCUT2D eigenvalue weighted by Gasteiger charge is -2.33. The lowest BCUT2D eigenvalue weighted by Crippen LogP contribution is -2.42. The van der Waals surface area contributed by atoms with Gasteiger partial charge in [-0.1, -0.05) is 37.3 Å². The molecule has 1 fully saturated rings. The summed E-state index contributed by atoms with van der Waals surface area (Å²) in [5.41, 5.74) is 3.31. The van der Waals surface area contributed by atoms with Gasteiger partial charge in [0.15, 0.2) is 0 Å². The maximum absolute atomic E-state index is 13.2. The Bertz CT molecular complexity index is 954. The summed E-state index contributed by atoms with van der Waals surface area (Å²) in [6, 6.07) is 16.0. The topological polar surface area (TPSA) is 47.4 Å². The Labute approximate surface area is 163 Å². The Morgan fingerprint density at radius 1 is 1.18 bits per heavy atom. The Morgan fingerprint density at radius 3 is 2.64 bits per heavy atom. The summed E-state index contributed by atoms with van der Waals surface area (Å²) >= 11 is 0. The number of nitrogens with zero attached hydrogens (tertiary/aromatic N) is 3. The van der Waals surface area contributed by atoms with E-state index in [0.717, 1.165) is 16.9 Å². The molecule has 1 atom stereocenters. The van der Waals surface area contributed by atoms with Crippen LogP contribution in [0, 0.1) is 5.82 Å². The fraction of sp³-hybridized carbons (Fsp3) is 0.273. The van der Waals surface area contributed by atoms with Crippen LogP contribution in [-0.2, 0) is 11.2 Å². The van der Waals surface area contributed by atoms with Crippen LogP contribution in [0.15, 0.2) is 60.8 Å². The van der Waals surface area contributed by atoms with Crippen molar-refractivity contribution in [1.29, 1.82) is 0 Å². The monoisotopic (exact) mass is 379 g/mol. The van der Waals surface area contributed by atoms with Gasteiger partial charge < -0.3 is 9.64 Å². The molecule has 5 nitrogen and oxygen atoms in total. The molecule has 144 valence electrons. The van der Waals surface area contributed by atoms with E-state index in [0.29, 0.717) is 31.7 Å². The van der Waals surface area contributed by atoms with E-state index in [1.807, 2.05) is 41.9 Å². The number of carbonyl (C=O) groups is 1. The zero-order valence-corrected chi connectivity index (χ0v) is 15.7. The summed E-state index contributed by atoms with van der Waals surface area (Å²) in [4.78, 5) is 15.0. The molecule has 1 saturated heterocycles. The van der Waals surface area contributed by atoms with Crippen LogP contribution in [0.25, 0.3) is 5.69 Å². The number of hydrogen-bond acceptors (Lipinski definition) is 3. The van der Waals surface area contributed by atoms with E-state index in [4.69, 9.17) is 4.74 Å². The number of carbonyl (C=O) groups excluding carboxylic acids is 1. The van der Waals surface area contributed by atoms with Gasteiger partial charge in [-0.05, 0) is 36.2 Å². The lowest BCUT2D eigenvalue weighted by molar-refractivity contribution is -0.0228. The third kappa shape index (κ3) is 3.55. The number of halogens is 1. The molecular formula is C22H22FN3O2. The van der Waals surface area contributed by atoms with E-state index in [9.17, 15) is 9.18 Å². The van der Waals surface area contributed by atoms with Crippen LogP contribution in [-0.4, -0.2) is 40.3 Å². The van der Waals surface area contributed by atoms with Crippen LogP contribution >= 0.6 is 0 Å². The highest BCUT2D eigenvalue weighted by Gasteiger charge is 2.28. The summed E-state index contributed by atoms with van der Waals surface area (Å²) < 4.78 is 20.8. The molecule has 0 aliphatic carbocycles. The highest BCUT2D eigenvalue weighted by atomic mass is 19.1. The number of aromatic nitrogens is 2. The summed E-state index contributed by atoms with van der Waals surface area (Å²) in [6.45, 7) is 3.43. The summed E-state index contributed by atoms with van der Waals surface area (Å²) in [6.07, 6.45) is 2.09. The SMILES string of the molecule is CCc1c(C(=O)N2CCOC(c3ccc(F)cc3)C2)cnn1-c1ccccc1.